The number of aliphatic carboxylic acids is 1. The zero-order valence-corrected chi connectivity index (χ0v) is 12.1. The number of aliphatic imine (C=N–C) groups is 1. The molecule has 0 radical (unpaired) electrons. The summed E-state index contributed by atoms with van der Waals surface area (Å²) in [5.41, 5.74) is 2.34. The third-order valence-electron chi connectivity index (χ3n) is 3.24. The van der Waals surface area contributed by atoms with Crippen molar-refractivity contribution in [1.82, 2.24) is 4.98 Å². The van der Waals surface area contributed by atoms with Crippen LogP contribution in [0, 0.1) is 0 Å². The summed E-state index contributed by atoms with van der Waals surface area (Å²) in [6, 6.07) is 6.69. The quantitative estimate of drug-likeness (QED) is 0.811. The van der Waals surface area contributed by atoms with Gasteiger partial charge in [0.05, 0.1) is 12.0 Å². The van der Waals surface area contributed by atoms with Crippen LogP contribution in [0.4, 0.5) is 0 Å². The van der Waals surface area contributed by atoms with Crippen LogP contribution in [0.15, 0.2) is 35.5 Å². The van der Waals surface area contributed by atoms with Gasteiger partial charge in [-0.2, -0.15) is 0 Å². The topological polar surface area (TPSA) is 85.3 Å². The minimum atomic E-state index is -1.23. The van der Waals surface area contributed by atoms with Crippen LogP contribution in [0.2, 0.25) is 0 Å². The van der Waals surface area contributed by atoms with Crippen molar-refractivity contribution in [2.24, 2.45) is 4.99 Å². The smallest absolute Gasteiger partial charge is 0.135 e. The number of carbonyl (C=O) groups excluding carboxylic acids is 2. The first kappa shape index (κ1) is 15.0. The Balaban J connectivity index is 2.24. The first-order valence-electron chi connectivity index (χ1n) is 6.76. The van der Waals surface area contributed by atoms with Crippen LogP contribution >= 0.6 is 0 Å². The van der Waals surface area contributed by atoms with Crippen LogP contribution in [0.1, 0.15) is 25.8 Å². The number of ketones is 1. The summed E-state index contributed by atoms with van der Waals surface area (Å²) in [7, 11) is 0. The molecular formula is C16H17N2O3-. The van der Waals surface area contributed by atoms with E-state index in [0.717, 1.165) is 16.5 Å². The minimum absolute atomic E-state index is 0.0413. The van der Waals surface area contributed by atoms with Gasteiger partial charge in [0.2, 0.25) is 0 Å². The average Bonchev–Trinajstić information content (AvgIpc) is 2.80. The standard InChI is InChI=1S/C16H18N2O3/c1-10(7-11(2)19)18-15(16(20)21)8-12-9-17-14-6-4-3-5-13(12)14/h3-6,9,15,17H,7-8H2,1-2H3,(H,20,21)/p-1/t15-/m1/s1. The summed E-state index contributed by atoms with van der Waals surface area (Å²) < 4.78 is 0. The van der Waals surface area contributed by atoms with E-state index in [1.165, 1.54) is 6.92 Å². The van der Waals surface area contributed by atoms with Crippen LogP contribution in [0.5, 0.6) is 0 Å². The van der Waals surface area contributed by atoms with E-state index in [-0.39, 0.29) is 18.6 Å². The highest BCUT2D eigenvalue weighted by molar-refractivity contribution is 6.00. The number of carboxylic acid groups (broad SMARTS) is 1. The van der Waals surface area contributed by atoms with E-state index < -0.39 is 12.0 Å². The molecule has 0 aliphatic carbocycles. The Morgan fingerprint density at radius 1 is 1.29 bits per heavy atom. The maximum absolute atomic E-state index is 11.3. The molecule has 5 heteroatoms. The lowest BCUT2D eigenvalue weighted by molar-refractivity contribution is -0.307. The molecule has 1 aromatic heterocycles. The number of Topliss-reactive ketones (excluding diaryl/α,β-unsaturated/α-hetero) is 1. The molecular weight excluding hydrogens is 268 g/mol. The molecule has 1 aromatic carbocycles. The highest BCUT2D eigenvalue weighted by Gasteiger charge is 2.13. The number of benzene rings is 1. The summed E-state index contributed by atoms with van der Waals surface area (Å²) in [6.07, 6.45) is 2.19. The highest BCUT2D eigenvalue weighted by Crippen LogP contribution is 2.19. The molecule has 110 valence electrons. The van der Waals surface area contributed by atoms with Gasteiger partial charge in [-0.15, -0.1) is 0 Å². The highest BCUT2D eigenvalue weighted by atomic mass is 16.4. The molecule has 2 aromatic rings. The number of hydrogen-bond donors (Lipinski definition) is 1. The fourth-order valence-electron chi connectivity index (χ4n) is 2.36. The van der Waals surface area contributed by atoms with Gasteiger partial charge in [0, 0.05) is 35.7 Å². The van der Waals surface area contributed by atoms with Crippen molar-refractivity contribution in [2.45, 2.75) is 32.7 Å². The second-order valence-electron chi connectivity index (χ2n) is 5.14. The molecule has 0 unspecified atom stereocenters. The van der Waals surface area contributed by atoms with Gasteiger partial charge in [0.15, 0.2) is 0 Å². The van der Waals surface area contributed by atoms with Crippen molar-refractivity contribution < 1.29 is 14.7 Å². The maximum atomic E-state index is 11.3. The van der Waals surface area contributed by atoms with Gasteiger partial charge in [0.25, 0.3) is 0 Å². The Bertz CT molecular complexity index is 700. The number of fused-ring (bicyclic) bond motifs is 1. The fraction of sp³-hybridized carbons (Fsp3) is 0.312. The number of nitrogens with zero attached hydrogens (tertiary/aromatic N) is 1. The van der Waals surface area contributed by atoms with E-state index in [2.05, 4.69) is 9.98 Å². The Labute approximate surface area is 122 Å². The molecule has 0 bridgehead atoms. The maximum Gasteiger partial charge on any atom is 0.135 e. The van der Waals surface area contributed by atoms with Crippen molar-refractivity contribution in [2.75, 3.05) is 0 Å². The summed E-state index contributed by atoms with van der Waals surface area (Å²) in [5.74, 6) is -1.27. The van der Waals surface area contributed by atoms with Gasteiger partial charge in [-0.05, 0) is 25.5 Å². The monoisotopic (exact) mass is 285 g/mol. The largest absolute Gasteiger partial charge is 0.548 e. The normalized spacial score (nSPS) is 13.3. The SMILES string of the molecule is CC(=O)CC(C)=N[C@H](Cc1c[nH]c2ccccc12)C(=O)[O-]. The molecule has 0 saturated carbocycles. The molecule has 1 atom stereocenters. The zero-order valence-electron chi connectivity index (χ0n) is 12.1. The molecule has 5 nitrogen and oxygen atoms in total. The fourth-order valence-corrected chi connectivity index (χ4v) is 2.36. The molecule has 0 amide bonds. The Hall–Kier alpha value is -2.43. The van der Waals surface area contributed by atoms with E-state index in [1.807, 2.05) is 24.3 Å². The summed E-state index contributed by atoms with van der Waals surface area (Å²) in [6.45, 7) is 3.11. The van der Waals surface area contributed by atoms with Gasteiger partial charge >= 0.3 is 0 Å². The predicted molar refractivity (Wildman–Crippen MR) is 79.2 cm³/mol. The van der Waals surface area contributed by atoms with E-state index >= 15 is 0 Å². The lowest BCUT2D eigenvalue weighted by atomic mass is 10.1. The zero-order chi connectivity index (χ0) is 15.4. The summed E-state index contributed by atoms with van der Waals surface area (Å²) in [5, 5.41) is 12.2. The van der Waals surface area contributed by atoms with Crippen molar-refractivity contribution in [3.8, 4) is 0 Å². The van der Waals surface area contributed by atoms with Gasteiger partial charge in [-0.3, -0.25) is 9.79 Å². The van der Waals surface area contributed by atoms with E-state index in [9.17, 15) is 14.7 Å². The number of aromatic amines is 1. The van der Waals surface area contributed by atoms with Crippen LogP contribution in [0.25, 0.3) is 10.9 Å². The van der Waals surface area contributed by atoms with Crippen molar-refractivity contribution >= 4 is 28.4 Å². The summed E-state index contributed by atoms with van der Waals surface area (Å²) >= 11 is 0. The van der Waals surface area contributed by atoms with Gasteiger partial charge in [-0.1, -0.05) is 18.2 Å². The number of H-pyrrole nitrogens is 1. The third-order valence-corrected chi connectivity index (χ3v) is 3.24. The van der Waals surface area contributed by atoms with Gasteiger partial charge < -0.3 is 14.9 Å². The number of hydrogen-bond acceptors (Lipinski definition) is 4. The van der Waals surface area contributed by atoms with Crippen LogP contribution in [0.3, 0.4) is 0 Å². The molecule has 2 rings (SSSR count). The lowest BCUT2D eigenvalue weighted by Gasteiger charge is -2.14. The van der Waals surface area contributed by atoms with Crippen molar-refractivity contribution in [1.29, 1.82) is 0 Å². The molecule has 1 heterocycles. The number of carboxylic acids is 1. The Morgan fingerprint density at radius 3 is 2.67 bits per heavy atom. The molecule has 21 heavy (non-hydrogen) atoms. The second-order valence-corrected chi connectivity index (χ2v) is 5.14. The number of carbonyl (C=O) groups is 2. The van der Waals surface area contributed by atoms with Gasteiger partial charge in [-0.25, -0.2) is 0 Å². The Kier molecular flexibility index (Phi) is 4.52. The van der Waals surface area contributed by atoms with Crippen molar-refractivity contribution in [3.63, 3.8) is 0 Å². The third kappa shape index (κ3) is 3.78. The number of rotatable bonds is 6. The van der Waals surface area contributed by atoms with Crippen molar-refractivity contribution in [3.05, 3.63) is 36.0 Å². The molecule has 0 spiro atoms. The minimum Gasteiger partial charge on any atom is -0.548 e. The number of para-hydroxylation sites is 1. The van der Waals surface area contributed by atoms with E-state index in [4.69, 9.17) is 0 Å². The summed E-state index contributed by atoms with van der Waals surface area (Å²) in [4.78, 5) is 29.5. The first-order chi connectivity index (χ1) is 9.97. The Morgan fingerprint density at radius 2 is 2.00 bits per heavy atom. The lowest BCUT2D eigenvalue weighted by Crippen LogP contribution is -2.36. The first-order valence-corrected chi connectivity index (χ1v) is 6.76. The van der Waals surface area contributed by atoms with Crippen LogP contribution in [-0.2, 0) is 16.0 Å². The number of nitrogens with one attached hydrogen (secondary N) is 1. The number of aromatic nitrogens is 1. The second kappa shape index (κ2) is 6.35. The van der Waals surface area contributed by atoms with E-state index in [1.54, 1.807) is 13.1 Å². The average molecular weight is 285 g/mol. The van der Waals surface area contributed by atoms with Crippen LogP contribution < -0.4 is 5.11 Å². The molecule has 1 N–H and O–H groups in total. The van der Waals surface area contributed by atoms with Gasteiger partial charge in [0.1, 0.15) is 5.78 Å². The molecule has 0 fully saturated rings. The molecule has 0 aliphatic heterocycles. The van der Waals surface area contributed by atoms with E-state index in [0.29, 0.717) is 5.71 Å². The molecule has 0 saturated heterocycles. The predicted octanol–water partition coefficient (Wildman–Crippen LogP) is 1.27. The molecule has 0 aliphatic rings. The van der Waals surface area contributed by atoms with Crippen LogP contribution in [-0.4, -0.2) is 28.5 Å².